The molecule has 66 valence electrons. The highest BCUT2D eigenvalue weighted by molar-refractivity contribution is 7.10. The fourth-order valence-corrected chi connectivity index (χ4v) is 1.90. The van der Waals surface area contributed by atoms with Crippen molar-refractivity contribution in [3.63, 3.8) is 0 Å². The van der Waals surface area contributed by atoms with Crippen LogP contribution in [0.25, 0.3) is 0 Å². The predicted octanol–water partition coefficient (Wildman–Crippen LogP) is 2.12. The van der Waals surface area contributed by atoms with Crippen LogP contribution in [0.15, 0.2) is 17.5 Å². The average Bonchev–Trinajstić information content (AvgIpc) is 2.53. The molecule has 0 bridgehead atoms. The second-order valence-electron chi connectivity index (χ2n) is 2.61. The van der Waals surface area contributed by atoms with Crippen LogP contribution in [0.4, 0.5) is 0 Å². The summed E-state index contributed by atoms with van der Waals surface area (Å²) >= 11 is 7.41. The first-order valence-corrected chi connectivity index (χ1v) is 4.83. The first kappa shape index (κ1) is 9.55. The number of likely N-dealkylation sites (N-methyl/N-ethyl adjacent to an activating group) is 1. The number of nitrogens with zero attached hydrogens (tertiary/aromatic N) is 1. The molecule has 0 fully saturated rings. The predicted molar refractivity (Wildman–Crippen MR) is 51.6 cm³/mol. The van der Waals surface area contributed by atoms with Crippen LogP contribution < -0.4 is 0 Å². The fraction of sp³-hybridized carbons (Fsp3) is 0.375. The van der Waals surface area contributed by atoms with Crippen molar-refractivity contribution >= 4 is 28.8 Å². The smallest absolute Gasteiger partial charge is 0.245 e. The number of hydrogen-bond donors (Lipinski definition) is 0. The summed E-state index contributed by atoms with van der Waals surface area (Å²) < 4.78 is 0. The van der Waals surface area contributed by atoms with Gasteiger partial charge in [-0.2, -0.15) is 0 Å². The SMILES string of the molecule is CN(C)C(=O)C(Cl)c1cccs1. The van der Waals surface area contributed by atoms with E-state index in [0.29, 0.717) is 0 Å². The van der Waals surface area contributed by atoms with Gasteiger partial charge in [-0.05, 0) is 11.4 Å². The first-order valence-electron chi connectivity index (χ1n) is 3.51. The van der Waals surface area contributed by atoms with Crippen LogP contribution in [-0.4, -0.2) is 24.9 Å². The highest BCUT2D eigenvalue weighted by Gasteiger charge is 2.19. The number of rotatable bonds is 2. The molecule has 0 radical (unpaired) electrons. The van der Waals surface area contributed by atoms with Gasteiger partial charge in [-0.15, -0.1) is 22.9 Å². The van der Waals surface area contributed by atoms with E-state index in [2.05, 4.69) is 0 Å². The lowest BCUT2D eigenvalue weighted by atomic mass is 10.3. The molecule has 1 unspecified atom stereocenters. The van der Waals surface area contributed by atoms with E-state index < -0.39 is 5.38 Å². The number of thiophene rings is 1. The highest BCUT2D eigenvalue weighted by atomic mass is 35.5. The molecule has 1 aromatic heterocycles. The monoisotopic (exact) mass is 203 g/mol. The molecule has 1 aromatic rings. The summed E-state index contributed by atoms with van der Waals surface area (Å²) in [5, 5.41) is 1.38. The number of halogens is 1. The zero-order valence-electron chi connectivity index (χ0n) is 6.95. The molecule has 1 atom stereocenters. The zero-order chi connectivity index (χ0) is 9.14. The summed E-state index contributed by atoms with van der Waals surface area (Å²) in [6.45, 7) is 0. The van der Waals surface area contributed by atoms with Crippen LogP contribution >= 0.6 is 22.9 Å². The summed E-state index contributed by atoms with van der Waals surface area (Å²) in [5.74, 6) is -0.0703. The molecule has 0 aliphatic rings. The Morgan fingerprint density at radius 3 is 2.75 bits per heavy atom. The van der Waals surface area contributed by atoms with Crippen LogP contribution in [-0.2, 0) is 4.79 Å². The number of carbonyl (C=O) groups is 1. The first-order chi connectivity index (χ1) is 5.63. The van der Waals surface area contributed by atoms with E-state index in [0.717, 1.165) is 4.88 Å². The van der Waals surface area contributed by atoms with Crippen molar-refractivity contribution in [3.8, 4) is 0 Å². The molecule has 1 heterocycles. The summed E-state index contributed by atoms with van der Waals surface area (Å²) in [5.41, 5.74) is 0. The Bertz CT molecular complexity index is 258. The lowest BCUT2D eigenvalue weighted by Crippen LogP contribution is -2.25. The molecule has 4 heteroatoms. The minimum absolute atomic E-state index is 0.0703. The Morgan fingerprint density at radius 2 is 2.33 bits per heavy atom. The van der Waals surface area contributed by atoms with Crippen LogP contribution in [0, 0.1) is 0 Å². The lowest BCUT2D eigenvalue weighted by Gasteiger charge is -2.13. The van der Waals surface area contributed by atoms with Gasteiger partial charge in [0, 0.05) is 19.0 Å². The van der Waals surface area contributed by atoms with Crippen molar-refractivity contribution in [2.45, 2.75) is 5.38 Å². The molecule has 0 aromatic carbocycles. The summed E-state index contributed by atoms with van der Waals surface area (Å²) in [4.78, 5) is 13.7. The van der Waals surface area contributed by atoms with Crippen molar-refractivity contribution in [3.05, 3.63) is 22.4 Å². The maximum absolute atomic E-state index is 11.3. The third-order valence-corrected chi connectivity index (χ3v) is 2.94. The molecule has 1 amide bonds. The highest BCUT2D eigenvalue weighted by Crippen LogP contribution is 2.26. The van der Waals surface area contributed by atoms with Crippen molar-refractivity contribution in [2.24, 2.45) is 0 Å². The van der Waals surface area contributed by atoms with Gasteiger partial charge in [-0.3, -0.25) is 4.79 Å². The van der Waals surface area contributed by atoms with E-state index in [1.807, 2.05) is 17.5 Å². The third-order valence-electron chi connectivity index (χ3n) is 1.45. The van der Waals surface area contributed by atoms with Gasteiger partial charge in [0.2, 0.25) is 5.91 Å². The number of amides is 1. The van der Waals surface area contributed by atoms with Crippen molar-refractivity contribution in [2.75, 3.05) is 14.1 Å². The van der Waals surface area contributed by atoms with E-state index in [9.17, 15) is 4.79 Å². The molecule has 0 N–H and O–H groups in total. The topological polar surface area (TPSA) is 20.3 Å². The second-order valence-corrected chi connectivity index (χ2v) is 4.03. The quantitative estimate of drug-likeness (QED) is 0.675. The van der Waals surface area contributed by atoms with Crippen molar-refractivity contribution in [1.29, 1.82) is 0 Å². The van der Waals surface area contributed by atoms with Gasteiger partial charge in [0.25, 0.3) is 0 Å². The number of hydrogen-bond acceptors (Lipinski definition) is 2. The van der Waals surface area contributed by atoms with Gasteiger partial charge in [-0.1, -0.05) is 6.07 Å². The van der Waals surface area contributed by atoms with Gasteiger partial charge in [0.15, 0.2) is 0 Å². The molecule has 0 aliphatic heterocycles. The maximum Gasteiger partial charge on any atom is 0.245 e. The maximum atomic E-state index is 11.3. The van der Waals surface area contributed by atoms with Crippen LogP contribution in [0.3, 0.4) is 0 Å². The Kier molecular flexibility index (Phi) is 3.12. The van der Waals surface area contributed by atoms with Gasteiger partial charge in [-0.25, -0.2) is 0 Å². The van der Waals surface area contributed by atoms with Gasteiger partial charge in [0.1, 0.15) is 5.38 Å². The Balaban J connectivity index is 2.72. The third kappa shape index (κ3) is 1.99. The van der Waals surface area contributed by atoms with E-state index in [4.69, 9.17) is 11.6 Å². The molecular weight excluding hydrogens is 194 g/mol. The average molecular weight is 204 g/mol. The zero-order valence-corrected chi connectivity index (χ0v) is 8.52. The van der Waals surface area contributed by atoms with E-state index >= 15 is 0 Å². The van der Waals surface area contributed by atoms with Crippen LogP contribution in [0.5, 0.6) is 0 Å². The largest absolute Gasteiger partial charge is 0.347 e. The van der Waals surface area contributed by atoms with Gasteiger partial charge < -0.3 is 4.90 Å². The molecule has 1 rings (SSSR count). The van der Waals surface area contributed by atoms with Gasteiger partial charge in [0.05, 0.1) is 0 Å². The molecule has 12 heavy (non-hydrogen) atoms. The Labute approximate surface area is 80.8 Å². The molecule has 2 nitrogen and oxygen atoms in total. The van der Waals surface area contributed by atoms with E-state index in [1.165, 1.54) is 16.2 Å². The molecule has 0 aliphatic carbocycles. The molecule has 0 spiro atoms. The Morgan fingerprint density at radius 1 is 1.67 bits per heavy atom. The number of alkyl halides is 1. The van der Waals surface area contributed by atoms with Crippen molar-refractivity contribution in [1.82, 2.24) is 4.90 Å². The minimum Gasteiger partial charge on any atom is -0.347 e. The number of carbonyl (C=O) groups excluding carboxylic acids is 1. The fourth-order valence-electron chi connectivity index (χ4n) is 0.784. The minimum atomic E-state index is -0.528. The standard InChI is InChI=1S/C8H10ClNOS/c1-10(2)8(11)7(9)6-4-3-5-12-6/h3-5,7H,1-2H3. The van der Waals surface area contributed by atoms with E-state index in [-0.39, 0.29) is 5.91 Å². The molecule has 0 saturated carbocycles. The van der Waals surface area contributed by atoms with Crippen LogP contribution in [0.1, 0.15) is 10.3 Å². The van der Waals surface area contributed by atoms with E-state index in [1.54, 1.807) is 14.1 Å². The summed E-state index contributed by atoms with van der Waals surface area (Å²) in [6, 6.07) is 3.75. The molecular formula is C8H10ClNOS. The van der Waals surface area contributed by atoms with Crippen molar-refractivity contribution < 1.29 is 4.79 Å². The van der Waals surface area contributed by atoms with Gasteiger partial charge >= 0.3 is 0 Å². The molecule has 0 saturated heterocycles. The normalized spacial score (nSPS) is 12.6. The second kappa shape index (κ2) is 3.92. The summed E-state index contributed by atoms with van der Waals surface area (Å²) in [7, 11) is 3.40. The lowest BCUT2D eigenvalue weighted by molar-refractivity contribution is -0.128. The van der Waals surface area contributed by atoms with Crippen LogP contribution in [0.2, 0.25) is 0 Å². The summed E-state index contributed by atoms with van der Waals surface area (Å²) in [6.07, 6.45) is 0. The Hall–Kier alpha value is -0.540.